The van der Waals surface area contributed by atoms with Crippen molar-refractivity contribution in [2.45, 2.75) is 43.8 Å². The minimum absolute atomic E-state index is 0.000467. The number of carbonyl (C=O) groups excluding carboxylic acids is 3. The predicted molar refractivity (Wildman–Crippen MR) is 119 cm³/mol. The number of aliphatic carboxylic acids is 1. The van der Waals surface area contributed by atoms with Gasteiger partial charge in [0.05, 0.1) is 12.6 Å². The largest absolute Gasteiger partial charge is 0.480 e. The maximum atomic E-state index is 12.3. The van der Waals surface area contributed by atoms with Gasteiger partial charge < -0.3 is 32.5 Å². The van der Waals surface area contributed by atoms with Gasteiger partial charge in [0.25, 0.3) is 0 Å². The lowest BCUT2D eigenvalue weighted by atomic mass is 10.1. The van der Waals surface area contributed by atoms with E-state index < -0.39 is 48.4 Å². The number of hydrogen-bond donors (Lipinski definition) is 7. The molecule has 0 radical (unpaired) electrons. The number of unbranched alkanes of at least 4 members (excludes halogenated alkanes) is 1. The van der Waals surface area contributed by atoms with E-state index in [4.69, 9.17) is 11.5 Å². The fourth-order valence-corrected chi connectivity index (χ4v) is 2.96. The Kier molecular flexibility index (Phi) is 12.3. The number of nitrogens with one attached hydrogen (secondary N) is 3. The van der Waals surface area contributed by atoms with E-state index in [-0.39, 0.29) is 12.2 Å². The van der Waals surface area contributed by atoms with E-state index >= 15 is 0 Å². The molecule has 31 heavy (non-hydrogen) atoms. The molecule has 172 valence electrons. The fourth-order valence-electron chi connectivity index (χ4n) is 2.70. The predicted octanol–water partition coefficient (Wildman–Crippen LogP) is -1.21. The lowest BCUT2D eigenvalue weighted by Crippen LogP contribution is -2.54. The van der Waals surface area contributed by atoms with E-state index in [1.165, 1.54) is 0 Å². The number of rotatable bonds is 14. The van der Waals surface area contributed by atoms with Crippen molar-refractivity contribution in [1.82, 2.24) is 16.0 Å². The molecule has 0 saturated carbocycles. The summed E-state index contributed by atoms with van der Waals surface area (Å²) in [6.45, 7) is 0.0618. The van der Waals surface area contributed by atoms with Gasteiger partial charge >= 0.3 is 5.97 Å². The van der Waals surface area contributed by atoms with Gasteiger partial charge in [-0.25, -0.2) is 4.79 Å². The molecular weight excluding hydrogens is 422 g/mol. The van der Waals surface area contributed by atoms with Crippen LogP contribution in [-0.4, -0.2) is 65.8 Å². The van der Waals surface area contributed by atoms with Gasteiger partial charge in [0, 0.05) is 12.2 Å². The molecule has 3 amide bonds. The van der Waals surface area contributed by atoms with Crippen molar-refractivity contribution in [3.63, 3.8) is 0 Å². The third-order valence-electron chi connectivity index (χ3n) is 4.46. The van der Waals surface area contributed by atoms with Gasteiger partial charge in [-0.3, -0.25) is 14.4 Å². The molecule has 1 aromatic carbocycles. The molecule has 10 nitrogen and oxygen atoms in total. The molecule has 0 heterocycles. The summed E-state index contributed by atoms with van der Waals surface area (Å²) in [7, 11) is 0. The summed E-state index contributed by atoms with van der Waals surface area (Å²) in [5, 5.41) is 16.6. The molecule has 0 aliphatic rings. The summed E-state index contributed by atoms with van der Waals surface area (Å²) in [6.07, 6.45) is 1.97. The SMILES string of the molecule is NCCCCC(N)C(=O)NC(CS)C(=O)NCC(=O)NC(Cc1ccccc1)C(=O)O. The Labute approximate surface area is 186 Å². The lowest BCUT2D eigenvalue weighted by molar-refractivity contribution is -0.141. The molecule has 0 spiro atoms. The van der Waals surface area contributed by atoms with E-state index in [0.29, 0.717) is 19.4 Å². The normalized spacial score (nSPS) is 13.5. The van der Waals surface area contributed by atoms with Crippen LogP contribution >= 0.6 is 12.6 Å². The lowest BCUT2D eigenvalue weighted by Gasteiger charge is -2.19. The number of hydrogen-bond acceptors (Lipinski definition) is 7. The number of carboxylic acid groups (broad SMARTS) is 1. The van der Waals surface area contributed by atoms with E-state index in [1.807, 2.05) is 0 Å². The van der Waals surface area contributed by atoms with Crippen molar-refractivity contribution in [3.8, 4) is 0 Å². The van der Waals surface area contributed by atoms with Gasteiger partial charge in [0.15, 0.2) is 0 Å². The van der Waals surface area contributed by atoms with Crippen LogP contribution in [0, 0.1) is 0 Å². The summed E-state index contributed by atoms with van der Waals surface area (Å²) in [5.74, 6) is -2.97. The highest BCUT2D eigenvalue weighted by Crippen LogP contribution is 2.03. The molecule has 0 aliphatic heterocycles. The first-order chi connectivity index (χ1) is 14.8. The molecule has 0 bridgehead atoms. The quantitative estimate of drug-likeness (QED) is 0.136. The van der Waals surface area contributed by atoms with Crippen LogP contribution in [0.5, 0.6) is 0 Å². The molecule has 0 fully saturated rings. The molecule has 3 atom stereocenters. The Morgan fingerprint density at radius 1 is 1.00 bits per heavy atom. The molecule has 8 N–H and O–H groups in total. The van der Waals surface area contributed by atoms with Crippen LogP contribution in [0.4, 0.5) is 0 Å². The van der Waals surface area contributed by atoms with Crippen molar-refractivity contribution in [1.29, 1.82) is 0 Å². The molecule has 1 aromatic rings. The minimum Gasteiger partial charge on any atom is -0.480 e. The van der Waals surface area contributed by atoms with Crippen LogP contribution < -0.4 is 27.4 Å². The van der Waals surface area contributed by atoms with Crippen molar-refractivity contribution in [2.24, 2.45) is 11.5 Å². The monoisotopic (exact) mass is 453 g/mol. The maximum absolute atomic E-state index is 12.3. The summed E-state index contributed by atoms with van der Waals surface area (Å²) < 4.78 is 0. The first-order valence-corrected chi connectivity index (χ1v) is 10.6. The van der Waals surface area contributed by atoms with Crippen LogP contribution in [-0.2, 0) is 25.6 Å². The number of benzene rings is 1. The van der Waals surface area contributed by atoms with Crippen LogP contribution in [0.25, 0.3) is 0 Å². The number of amides is 3. The van der Waals surface area contributed by atoms with Gasteiger partial charge in [-0.15, -0.1) is 0 Å². The second-order valence-electron chi connectivity index (χ2n) is 7.00. The van der Waals surface area contributed by atoms with Crippen LogP contribution in [0.15, 0.2) is 30.3 Å². The van der Waals surface area contributed by atoms with Crippen LogP contribution in [0.3, 0.4) is 0 Å². The topological polar surface area (TPSA) is 177 Å². The standard InChI is InChI=1S/C20H31N5O5S/c21-9-5-4-8-14(22)18(27)25-16(12-31)19(28)23-11-17(26)24-15(20(29)30)10-13-6-2-1-3-7-13/h1-3,6-7,14-16,31H,4-5,8-12,21-22H2,(H,23,28)(H,24,26)(H,25,27)(H,29,30). The zero-order valence-corrected chi connectivity index (χ0v) is 18.1. The highest BCUT2D eigenvalue weighted by Gasteiger charge is 2.24. The van der Waals surface area contributed by atoms with E-state index in [1.54, 1.807) is 30.3 Å². The second kappa shape index (κ2) is 14.4. The second-order valence-corrected chi connectivity index (χ2v) is 7.37. The molecule has 0 aliphatic carbocycles. The number of carboxylic acids is 1. The first-order valence-electron chi connectivity index (χ1n) is 9.99. The first kappa shape index (κ1) is 26.4. The Morgan fingerprint density at radius 2 is 1.68 bits per heavy atom. The zero-order chi connectivity index (χ0) is 23.2. The van der Waals surface area contributed by atoms with Gasteiger partial charge in [0.1, 0.15) is 12.1 Å². The summed E-state index contributed by atoms with van der Waals surface area (Å²) in [5.41, 5.74) is 12.0. The Morgan fingerprint density at radius 3 is 2.26 bits per heavy atom. The number of carbonyl (C=O) groups is 4. The van der Waals surface area contributed by atoms with Crippen molar-refractivity contribution in [3.05, 3.63) is 35.9 Å². The molecule has 0 aromatic heterocycles. The van der Waals surface area contributed by atoms with Gasteiger partial charge in [0.2, 0.25) is 17.7 Å². The Balaban J connectivity index is 2.51. The van der Waals surface area contributed by atoms with E-state index in [9.17, 15) is 24.3 Å². The summed E-state index contributed by atoms with van der Waals surface area (Å²) in [4.78, 5) is 47.9. The minimum atomic E-state index is -1.19. The average molecular weight is 454 g/mol. The third kappa shape index (κ3) is 10.3. The highest BCUT2D eigenvalue weighted by molar-refractivity contribution is 7.80. The molecular formula is C20H31N5O5S. The van der Waals surface area contributed by atoms with Gasteiger partial charge in [-0.05, 0) is 24.9 Å². The fraction of sp³-hybridized carbons (Fsp3) is 0.500. The molecule has 0 saturated heterocycles. The highest BCUT2D eigenvalue weighted by atomic mass is 32.1. The summed E-state index contributed by atoms with van der Waals surface area (Å²) >= 11 is 4.06. The number of nitrogens with two attached hydrogens (primary N) is 2. The van der Waals surface area contributed by atoms with Crippen LogP contribution in [0.2, 0.25) is 0 Å². The van der Waals surface area contributed by atoms with Crippen molar-refractivity contribution >= 4 is 36.3 Å². The van der Waals surface area contributed by atoms with Gasteiger partial charge in [-0.2, -0.15) is 12.6 Å². The smallest absolute Gasteiger partial charge is 0.326 e. The van der Waals surface area contributed by atoms with Gasteiger partial charge in [-0.1, -0.05) is 36.8 Å². The molecule has 1 rings (SSSR count). The maximum Gasteiger partial charge on any atom is 0.326 e. The van der Waals surface area contributed by atoms with E-state index in [2.05, 4.69) is 28.6 Å². The van der Waals surface area contributed by atoms with E-state index in [0.717, 1.165) is 12.0 Å². The Bertz CT molecular complexity index is 734. The average Bonchev–Trinajstić information content (AvgIpc) is 2.75. The number of thiol groups is 1. The van der Waals surface area contributed by atoms with Crippen molar-refractivity contribution in [2.75, 3.05) is 18.8 Å². The van der Waals surface area contributed by atoms with Crippen molar-refractivity contribution < 1.29 is 24.3 Å². The van der Waals surface area contributed by atoms with Crippen LogP contribution in [0.1, 0.15) is 24.8 Å². The summed E-state index contributed by atoms with van der Waals surface area (Å²) in [6, 6.07) is 5.95. The molecule has 3 unspecified atom stereocenters. The zero-order valence-electron chi connectivity index (χ0n) is 17.3. The Hall–Kier alpha value is -2.63. The third-order valence-corrected chi connectivity index (χ3v) is 4.83. The molecule has 11 heteroatoms.